The molecule has 1 aliphatic rings. The first-order chi connectivity index (χ1) is 17.9. The van der Waals surface area contributed by atoms with Gasteiger partial charge in [-0.15, -0.1) is 0 Å². The van der Waals surface area contributed by atoms with Crippen LogP contribution in [0, 0.1) is 0 Å². The van der Waals surface area contributed by atoms with E-state index in [0.29, 0.717) is 29.8 Å². The van der Waals surface area contributed by atoms with Gasteiger partial charge in [-0.2, -0.15) is 5.10 Å². The summed E-state index contributed by atoms with van der Waals surface area (Å²) < 4.78 is 7.13. The normalized spacial score (nSPS) is 14.8. The van der Waals surface area contributed by atoms with Crippen molar-refractivity contribution in [2.24, 2.45) is 7.05 Å². The van der Waals surface area contributed by atoms with Gasteiger partial charge in [0, 0.05) is 39.5 Å². The fourth-order valence-corrected chi connectivity index (χ4v) is 4.69. The van der Waals surface area contributed by atoms with Crippen LogP contribution in [0.1, 0.15) is 43.9 Å². The number of carbonyl (C=O) groups is 1. The highest BCUT2D eigenvalue weighted by molar-refractivity contribution is 5.88. The van der Waals surface area contributed by atoms with Gasteiger partial charge in [0.15, 0.2) is 5.65 Å². The number of fused-ring (bicyclic) bond motifs is 2. The zero-order valence-electron chi connectivity index (χ0n) is 22.0. The summed E-state index contributed by atoms with van der Waals surface area (Å²) in [6.45, 7) is 5.25. The first-order valence-electron chi connectivity index (χ1n) is 13.0. The maximum absolute atomic E-state index is 12.1. The Morgan fingerprint density at radius 3 is 2.97 bits per heavy atom. The number of unbranched alkanes of at least 4 members (excludes halogenated alkanes) is 1. The molecule has 0 aliphatic carbocycles. The highest BCUT2D eigenvalue weighted by Crippen LogP contribution is 2.21. The second-order valence-corrected chi connectivity index (χ2v) is 9.70. The Morgan fingerprint density at radius 2 is 2.16 bits per heavy atom. The molecule has 3 N–H and O–H groups in total. The molecule has 0 saturated heterocycles. The van der Waals surface area contributed by atoms with E-state index >= 15 is 0 Å². The molecular weight excluding hydrogens is 472 g/mol. The lowest BCUT2D eigenvalue weighted by Crippen LogP contribution is -2.38. The van der Waals surface area contributed by atoms with Crippen molar-refractivity contribution in [2.75, 3.05) is 43.9 Å². The quantitative estimate of drug-likeness (QED) is 0.278. The van der Waals surface area contributed by atoms with Crippen molar-refractivity contribution in [2.45, 2.75) is 57.6 Å². The zero-order chi connectivity index (χ0) is 26.2. The van der Waals surface area contributed by atoms with Gasteiger partial charge in [0.05, 0.1) is 17.7 Å². The monoisotopic (exact) mass is 510 g/mol. The number of anilines is 2. The molecule has 0 amide bonds. The minimum atomic E-state index is -0.914. The Hall–Kier alpha value is -3.31. The third-order valence-corrected chi connectivity index (χ3v) is 6.90. The van der Waals surface area contributed by atoms with Crippen LogP contribution in [0.2, 0.25) is 0 Å². The number of carboxylic acids is 1. The molecule has 0 spiro atoms. The number of hydrogen-bond donors (Lipinski definition) is 3. The number of aromatic nitrogens is 5. The Kier molecular flexibility index (Phi) is 9.24. The summed E-state index contributed by atoms with van der Waals surface area (Å²) in [4.78, 5) is 27.6. The van der Waals surface area contributed by atoms with Crippen LogP contribution in [0.3, 0.4) is 0 Å². The van der Waals surface area contributed by atoms with Gasteiger partial charge >= 0.3 is 5.97 Å². The molecule has 0 fully saturated rings. The Morgan fingerprint density at radius 1 is 1.30 bits per heavy atom. The summed E-state index contributed by atoms with van der Waals surface area (Å²) in [5.41, 5.74) is 3.08. The lowest BCUT2D eigenvalue weighted by Gasteiger charge is -2.27. The van der Waals surface area contributed by atoms with Gasteiger partial charge in [0.2, 0.25) is 0 Å². The van der Waals surface area contributed by atoms with E-state index in [0.717, 1.165) is 63.3 Å². The Labute approximate surface area is 217 Å². The smallest absolute Gasteiger partial charge is 0.326 e. The number of nitrogens with zero attached hydrogens (tertiary/aromatic N) is 6. The van der Waals surface area contributed by atoms with Crippen LogP contribution in [0.25, 0.3) is 11.0 Å². The summed E-state index contributed by atoms with van der Waals surface area (Å²) >= 11 is 0. The number of hydrogen-bond acceptors (Lipinski definition) is 9. The summed E-state index contributed by atoms with van der Waals surface area (Å²) in [5, 5.41) is 21.3. The third-order valence-electron chi connectivity index (χ3n) is 6.90. The van der Waals surface area contributed by atoms with Crippen molar-refractivity contribution in [3.63, 3.8) is 0 Å². The molecule has 1 unspecified atom stereocenters. The molecule has 4 heterocycles. The van der Waals surface area contributed by atoms with Gasteiger partial charge < -0.3 is 25.4 Å². The lowest BCUT2D eigenvalue weighted by atomic mass is 10.1. The first-order valence-corrected chi connectivity index (χ1v) is 13.0. The number of aryl methyl sites for hydroxylation is 3. The maximum Gasteiger partial charge on any atom is 0.326 e. The number of ether oxygens (including phenoxy) is 1. The van der Waals surface area contributed by atoms with Gasteiger partial charge in [-0.05, 0) is 63.6 Å². The molecule has 2 atom stereocenters. The number of pyridine rings is 1. The number of rotatable bonds is 14. The predicted molar refractivity (Wildman–Crippen MR) is 143 cm³/mol. The molecule has 3 aromatic heterocycles. The molecule has 200 valence electrons. The number of nitrogens with one attached hydrogen (secondary N) is 2. The predicted octanol–water partition coefficient (Wildman–Crippen LogP) is 2.73. The summed E-state index contributed by atoms with van der Waals surface area (Å²) in [7, 11) is 3.50. The molecule has 0 bridgehead atoms. The van der Waals surface area contributed by atoms with Gasteiger partial charge in [-0.1, -0.05) is 6.07 Å². The van der Waals surface area contributed by atoms with Crippen LogP contribution in [-0.4, -0.2) is 86.1 Å². The highest BCUT2D eigenvalue weighted by atomic mass is 16.5. The van der Waals surface area contributed by atoms with Crippen molar-refractivity contribution in [3.8, 4) is 0 Å². The van der Waals surface area contributed by atoms with Crippen molar-refractivity contribution in [1.82, 2.24) is 29.6 Å². The molecule has 11 nitrogen and oxygen atoms in total. The summed E-state index contributed by atoms with van der Waals surface area (Å²) in [5.74, 6) is 0.607. The fraction of sp³-hybridized carbons (Fsp3) is 0.577. The van der Waals surface area contributed by atoms with Crippen molar-refractivity contribution >= 4 is 28.6 Å². The topological polar surface area (TPSA) is 130 Å². The van der Waals surface area contributed by atoms with E-state index in [4.69, 9.17) is 9.72 Å². The van der Waals surface area contributed by atoms with E-state index < -0.39 is 12.0 Å². The first kappa shape index (κ1) is 26.7. The molecule has 0 aromatic carbocycles. The van der Waals surface area contributed by atoms with E-state index in [9.17, 15) is 9.90 Å². The van der Waals surface area contributed by atoms with Crippen LogP contribution in [0.5, 0.6) is 0 Å². The second kappa shape index (κ2) is 12.8. The standard InChI is InChI=1S/C26H38N8O3/c1-18(37-3)16-34(13-5-4-8-20-10-9-19-7-6-12-27-23(19)31-20)14-11-22(26(35)36)32-24-21-15-30-33(2)25(21)29-17-28-24/h9-10,15,17-18,22H,4-8,11-14,16H2,1-3H3,(H,27,31)(H,35,36)(H,28,29,32)/t18-,22?/m1/s1. The Bertz CT molecular complexity index is 1180. The third kappa shape index (κ3) is 7.14. The highest BCUT2D eigenvalue weighted by Gasteiger charge is 2.22. The van der Waals surface area contributed by atoms with E-state index in [1.807, 2.05) is 6.92 Å². The van der Waals surface area contributed by atoms with Crippen molar-refractivity contribution < 1.29 is 14.6 Å². The largest absolute Gasteiger partial charge is 0.480 e. The van der Waals surface area contributed by atoms with E-state index in [-0.39, 0.29) is 6.10 Å². The van der Waals surface area contributed by atoms with Crippen molar-refractivity contribution in [3.05, 3.63) is 35.9 Å². The molecule has 0 saturated carbocycles. The zero-order valence-corrected chi connectivity index (χ0v) is 22.0. The minimum absolute atomic E-state index is 0.0570. The molecule has 4 rings (SSSR count). The van der Waals surface area contributed by atoms with E-state index in [2.05, 4.69) is 42.7 Å². The molecule has 0 radical (unpaired) electrons. The average molecular weight is 511 g/mol. The average Bonchev–Trinajstić information content (AvgIpc) is 3.29. The van der Waals surface area contributed by atoms with Crippen LogP contribution in [0.15, 0.2) is 24.7 Å². The summed E-state index contributed by atoms with van der Waals surface area (Å²) in [6, 6.07) is 3.56. The SMILES string of the molecule is CO[C@H](C)CN(CCCCc1ccc2c(n1)NCCC2)CCC(Nc1ncnc2c1cnn2C)C(=O)O. The van der Waals surface area contributed by atoms with Crippen LogP contribution >= 0.6 is 0 Å². The Balaban J connectivity index is 1.32. The number of methoxy groups -OCH3 is 1. The second-order valence-electron chi connectivity index (χ2n) is 9.70. The van der Waals surface area contributed by atoms with Gasteiger partial charge in [0.1, 0.15) is 24.0 Å². The minimum Gasteiger partial charge on any atom is -0.480 e. The molecule has 1 aliphatic heterocycles. The maximum atomic E-state index is 12.1. The number of aliphatic carboxylic acids is 1. The van der Waals surface area contributed by atoms with Gasteiger partial charge in [0.25, 0.3) is 0 Å². The molecular formula is C26H38N8O3. The fourth-order valence-electron chi connectivity index (χ4n) is 4.69. The van der Waals surface area contributed by atoms with Gasteiger partial charge in [-0.25, -0.2) is 19.7 Å². The summed E-state index contributed by atoms with van der Waals surface area (Å²) in [6.07, 6.45) is 8.75. The van der Waals surface area contributed by atoms with Crippen LogP contribution < -0.4 is 10.6 Å². The molecule has 37 heavy (non-hydrogen) atoms. The molecule has 11 heteroatoms. The van der Waals surface area contributed by atoms with E-state index in [1.54, 1.807) is 25.0 Å². The van der Waals surface area contributed by atoms with Crippen LogP contribution in [-0.2, 0) is 29.4 Å². The van der Waals surface area contributed by atoms with E-state index in [1.165, 1.54) is 11.9 Å². The lowest BCUT2D eigenvalue weighted by molar-refractivity contribution is -0.138. The number of carboxylic acid groups (broad SMARTS) is 1. The van der Waals surface area contributed by atoms with Crippen LogP contribution in [0.4, 0.5) is 11.6 Å². The molecule has 3 aromatic rings. The van der Waals surface area contributed by atoms with Crippen molar-refractivity contribution in [1.29, 1.82) is 0 Å². The van der Waals surface area contributed by atoms with Gasteiger partial charge in [-0.3, -0.25) is 4.68 Å².